The fourth-order valence-corrected chi connectivity index (χ4v) is 0.726. The first kappa shape index (κ1) is 10.3. The molecule has 1 atom stereocenters. The van der Waals surface area contributed by atoms with Crippen molar-refractivity contribution in [2.24, 2.45) is 5.73 Å². The predicted octanol–water partition coefficient (Wildman–Crippen LogP) is -2.05. The Kier molecular flexibility index (Phi) is 4.75. The lowest BCUT2D eigenvalue weighted by molar-refractivity contribution is -0.119. The molecule has 0 aromatic carbocycles. The molecule has 0 spiro atoms. The maximum atomic E-state index is 10.3. The second-order valence-electron chi connectivity index (χ2n) is 1.83. The molecule has 0 aromatic rings. The molecule has 66 valence electrons. The highest BCUT2D eigenvalue weighted by atomic mass is 32.2. The fourth-order valence-electron chi connectivity index (χ4n) is 0.444. The number of amides is 1. The van der Waals surface area contributed by atoms with Gasteiger partial charge >= 0.3 is 0 Å². The van der Waals surface area contributed by atoms with Gasteiger partial charge in [0, 0.05) is 6.92 Å². The van der Waals surface area contributed by atoms with Crippen LogP contribution in [-0.4, -0.2) is 27.1 Å². The lowest BCUT2D eigenvalue weighted by Crippen LogP contribution is -2.43. The van der Waals surface area contributed by atoms with Crippen molar-refractivity contribution in [3.05, 3.63) is 0 Å². The zero-order valence-electron chi connectivity index (χ0n) is 5.94. The summed E-state index contributed by atoms with van der Waals surface area (Å²) in [5.74, 6) is -0.331. The summed E-state index contributed by atoms with van der Waals surface area (Å²) < 4.78 is 23.8. The summed E-state index contributed by atoms with van der Waals surface area (Å²) in [6, 6.07) is 0. The molecule has 0 aromatic heterocycles. The van der Waals surface area contributed by atoms with Crippen LogP contribution in [0.1, 0.15) is 6.92 Å². The SMILES string of the molecule is CC(=O)NC(N)CO[SH](=O)=O. The maximum Gasteiger partial charge on any atom is 0.257 e. The largest absolute Gasteiger partial charge is 0.339 e. The van der Waals surface area contributed by atoms with Crippen LogP contribution in [0.2, 0.25) is 0 Å². The Labute approximate surface area is 65.9 Å². The zero-order valence-corrected chi connectivity index (χ0v) is 6.84. The second-order valence-corrected chi connectivity index (χ2v) is 2.53. The molecule has 7 heteroatoms. The topological polar surface area (TPSA) is 98.5 Å². The van der Waals surface area contributed by atoms with Crippen LogP contribution in [-0.2, 0) is 20.0 Å². The minimum Gasteiger partial charge on any atom is -0.339 e. The Hall–Kier alpha value is -0.660. The van der Waals surface area contributed by atoms with Gasteiger partial charge in [0.2, 0.25) is 5.91 Å². The number of carbonyl (C=O) groups is 1. The number of nitrogens with two attached hydrogens (primary N) is 1. The number of hydrogen-bond donors (Lipinski definition) is 3. The molecule has 0 radical (unpaired) electrons. The molecule has 0 fully saturated rings. The highest BCUT2D eigenvalue weighted by Crippen LogP contribution is 1.77. The molecule has 1 unspecified atom stereocenters. The van der Waals surface area contributed by atoms with Gasteiger partial charge < -0.3 is 11.1 Å². The van der Waals surface area contributed by atoms with Gasteiger partial charge in [0.1, 0.15) is 6.17 Å². The number of nitrogens with one attached hydrogen (secondary N) is 1. The minimum absolute atomic E-state index is 0.238. The molecule has 0 saturated heterocycles. The Bertz CT molecular complexity index is 194. The molecule has 0 saturated carbocycles. The highest BCUT2D eigenvalue weighted by molar-refractivity contribution is 7.67. The van der Waals surface area contributed by atoms with Crippen LogP contribution in [0, 0.1) is 0 Å². The standard InChI is InChI=1S/C4H10N2O4S/c1-3(7)6-4(5)2-10-11(8)9/h4,11H,2,5H2,1H3,(H,6,7). The molecular formula is C4H10N2O4S. The van der Waals surface area contributed by atoms with Crippen LogP contribution in [0.5, 0.6) is 0 Å². The van der Waals surface area contributed by atoms with Gasteiger partial charge in [-0.15, -0.1) is 0 Å². The maximum absolute atomic E-state index is 10.3. The van der Waals surface area contributed by atoms with E-state index in [0.717, 1.165) is 0 Å². The molecule has 3 N–H and O–H groups in total. The van der Waals surface area contributed by atoms with Gasteiger partial charge in [-0.2, -0.15) is 0 Å². The normalized spacial score (nSPS) is 13.0. The van der Waals surface area contributed by atoms with Crippen molar-refractivity contribution in [3.8, 4) is 0 Å². The van der Waals surface area contributed by atoms with E-state index in [9.17, 15) is 13.2 Å². The lowest BCUT2D eigenvalue weighted by atomic mass is 10.5. The summed E-state index contributed by atoms with van der Waals surface area (Å²) in [4.78, 5) is 10.3. The predicted molar refractivity (Wildman–Crippen MR) is 38.1 cm³/mol. The van der Waals surface area contributed by atoms with Gasteiger partial charge in [-0.1, -0.05) is 0 Å². The average molecular weight is 182 g/mol. The van der Waals surface area contributed by atoms with Crippen molar-refractivity contribution in [2.75, 3.05) is 6.61 Å². The first-order valence-corrected chi connectivity index (χ1v) is 3.92. The molecular weight excluding hydrogens is 172 g/mol. The third kappa shape index (κ3) is 7.23. The van der Waals surface area contributed by atoms with Crippen molar-refractivity contribution in [1.29, 1.82) is 0 Å². The molecule has 0 aliphatic heterocycles. The van der Waals surface area contributed by atoms with Crippen molar-refractivity contribution in [3.63, 3.8) is 0 Å². The van der Waals surface area contributed by atoms with Gasteiger partial charge in [-0.25, -0.2) is 8.42 Å². The molecule has 0 bridgehead atoms. The third-order valence-corrected chi connectivity index (χ3v) is 1.11. The van der Waals surface area contributed by atoms with Crippen molar-refractivity contribution in [1.82, 2.24) is 5.32 Å². The summed E-state index contributed by atoms with van der Waals surface area (Å²) in [5, 5.41) is 2.24. The first-order valence-electron chi connectivity index (χ1n) is 2.82. The average Bonchev–Trinajstić information content (AvgIpc) is 1.82. The van der Waals surface area contributed by atoms with E-state index in [1.807, 2.05) is 0 Å². The Morgan fingerprint density at radius 1 is 1.73 bits per heavy atom. The summed E-state index contributed by atoms with van der Waals surface area (Å²) in [5.41, 5.74) is 5.20. The first-order chi connectivity index (χ1) is 5.02. The van der Waals surface area contributed by atoms with E-state index >= 15 is 0 Å². The van der Waals surface area contributed by atoms with Crippen LogP contribution in [0.3, 0.4) is 0 Å². The molecule has 0 rings (SSSR count). The lowest BCUT2D eigenvalue weighted by Gasteiger charge is -2.08. The van der Waals surface area contributed by atoms with Crippen LogP contribution < -0.4 is 11.1 Å². The highest BCUT2D eigenvalue weighted by Gasteiger charge is 2.02. The van der Waals surface area contributed by atoms with Gasteiger partial charge in [-0.3, -0.25) is 8.98 Å². The molecule has 6 nitrogen and oxygen atoms in total. The quantitative estimate of drug-likeness (QED) is 0.343. The monoisotopic (exact) mass is 182 g/mol. The summed E-state index contributed by atoms with van der Waals surface area (Å²) in [6.45, 7) is 1.04. The van der Waals surface area contributed by atoms with Gasteiger partial charge in [0.25, 0.3) is 11.0 Å². The minimum atomic E-state index is -2.89. The van der Waals surface area contributed by atoms with Crippen molar-refractivity contribution < 1.29 is 17.4 Å². The Morgan fingerprint density at radius 3 is 2.64 bits per heavy atom. The summed E-state index contributed by atoms with van der Waals surface area (Å²) in [6.07, 6.45) is -0.777. The molecule has 0 aliphatic carbocycles. The zero-order chi connectivity index (χ0) is 8.85. The van der Waals surface area contributed by atoms with Crippen LogP contribution in [0.25, 0.3) is 0 Å². The number of rotatable bonds is 4. The molecule has 0 aliphatic rings. The molecule has 0 heterocycles. The van der Waals surface area contributed by atoms with E-state index < -0.39 is 17.2 Å². The van der Waals surface area contributed by atoms with E-state index in [4.69, 9.17) is 5.73 Å². The summed E-state index contributed by atoms with van der Waals surface area (Å²) >= 11 is 0. The van der Waals surface area contributed by atoms with E-state index in [0.29, 0.717) is 0 Å². The van der Waals surface area contributed by atoms with Crippen molar-refractivity contribution in [2.45, 2.75) is 13.1 Å². The van der Waals surface area contributed by atoms with E-state index in [-0.39, 0.29) is 12.5 Å². The van der Waals surface area contributed by atoms with Gasteiger partial charge in [0.15, 0.2) is 0 Å². The van der Waals surface area contributed by atoms with Crippen molar-refractivity contribution >= 4 is 16.9 Å². The smallest absolute Gasteiger partial charge is 0.257 e. The molecule has 11 heavy (non-hydrogen) atoms. The summed E-state index contributed by atoms with van der Waals surface area (Å²) in [7, 11) is -2.89. The van der Waals surface area contributed by atoms with Crippen LogP contribution >= 0.6 is 0 Å². The third-order valence-electron chi connectivity index (χ3n) is 0.748. The van der Waals surface area contributed by atoms with E-state index in [1.165, 1.54) is 6.92 Å². The number of thiol groups is 1. The number of hydrogen-bond acceptors (Lipinski definition) is 5. The Morgan fingerprint density at radius 2 is 2.27 bits per heavy atom. The van der Waals surface area contributed by atoms with E-state index in [2.05, 4.69) is 9.50 Å². The molecule has 1 amide bonds. The van der Waals surface area contributed by atoms with Crippen LogP contribution in [0.4, 0.5) is 0 Å². The fraction of sp³-hybridized carbons (Fsp3) is 0.750. The second kappa shape index (κ2) is 5.05. The van der Waals surface area contributed by atoms with Gasteiger partial charge in [0.05, 0.1) is 6.61 Å². The number of carbonyl (C=O) groups excluding carboxylic acids is 1. The van der Waals surface area contributed by atoms with Crippen LogP contribution in [0.15, 0.2) is 0 Å². The van der Waals surface area contributed by atoms with Gasteiger partial charge in [-0.05, 0) is 0 Å². The van der Waals surface area contributed by atoms with E-state index in [1.54, 1.807) is 0 Å². The Balaban J connectivity index is 3.52.